The van der Waals surface area contributed by atoms with Gasteiger partial charge in [-0.05, 0) is 30.9 Å². The quantitative estimate of drug-likeness (QED) is 0.666. The largest absolute Gasteiger partial charge is 0.367 e. The topological polar surface area (TPSA) is 49.8 Å². The third kappa shape index (κ3) is 3.79. The van der Waals surface area contributed by atoms with E-state index in [4.69, 9.17) is 9.97 Å². The normalized spacial score (nSPS) is 13.5. The number of rotatable bonds is 6. The molecule has 126 valence electrons. The van der Waals surface area contributed by atoms with Crippen LogP contribution in [0, 0.1) is 0 Å². The zero-order valence-corrected chi connectivity index (χ0v) is 14.4. The highest BCUT2D eigenvalue weighted by atomic mass is 15.1. The van der Waals surface area contributed by atoms with Crippen molar-refractivity contribution in [2.45, 2.75) is 32.2 Å². The first-order chi connectivity index (χ1) is 12.3. The Morgan fingerprint density at radius 2 is 1.64 bits per heavy atom. The number of anilines is 3. The summed E-state index contributed by atoms with van der Waals surface area (Å²) in [4.78, 5) is 9.45. The molecule has 1 saturated carbocycles. The Morgan fingerprint density at radius 3 is 2.40 bits per heavy atom. The molecule has 1 heterocycles. The van der Waals surface area contributed by atoms with Gasteiger partial charge in [0.15, 0.2) is 5.82 Å². The van der Waals surface area contributed by atoms with Crippen molar-refractivity contribution < 1.29 is 0 Å². The number of hydrogen-bond acceptors (Lipinski definition) is 4. The number of para-hydroxylation sites is 1. The molecule has 0 amide bonds. The highest BCUT2D eigenvalue weighted by Gasteiger charge is 2.22. The molecule has 3 aromatic rings. The summed E-state index contributed by atoms with van der Waals surface area (Å²) >= 11 is 0. The van der Waals surface area contributed by atoms with E-state index in [0.29, 0.717) is 6.04 Å². The molecule has 1 fully saturated rings. The van der Waals surface area contributed by atoms with Crippen LogP contribution in [0.1, 0.15) is 25.3 Å². The molecule has 4 heteroatoms. The third-order valence-electron chi connectivity index (χ3n) is 4.35. The van der Waals surface area contributed by atoms with Gasteiger partial charge in [-0.1, -0.05) is 55.5 Å². The van der Waals surface area contributed by atoms with Crippen molar-refractivity contribution >= 4 is 17.3 Å². The van der Waals surface area contributed by atoms with Crippen LogP contribution in [-0.4, -0.2) is 16.0 Å². The van der Waals surface area contributed by atoms with Crippen molar-refractivity contribution in [3.8, 4) is 11.4 Å². The molecule has 1 aromatic heterocycles. The summed E-state index contributed by atoms with van der Waals surface area (Å²) < 4.78 is 0. The van der Waals surface area contributed by atoms with E-state index >= 15 is 0 Å². The molecule has 25 heavy (non-hydrogen) atoms. The maximum Gasteiger partial charge on any atom is 0.163 e. The van der Waals surface area contributed by atoms with E-state index in [0.717, 1.165) is 35.1 Å². The van der Waals surface area contributed by atoms with Gasteiger partial charge < -0.3 is 10.6 Å². The van der Waals surface area contributed by atoms with Crippen LogP contribution in [-0.2, 0) is 6.42 Å². The predicted octanol–water partition coefficient (Wildman–Crippen LogP) is 5.02. The van der Waals surface area contributed by atoms with Crippen molar-refractivity contribution in [1.29, 1.82) is 0 Å². The van der Waals surface area contributed by atoms with Gasteiger partial charge in [-0.3, -0.25) is 0 Å². The van der Waals surface area contributed by atoms with Gasteiger partial charge in [-0.2, -0.15) is 0 Å². The summed E-state index contributed by atoms with van der Waals surface area (Å²) in [5, 5.41) is 6.97. The van der Waals surface area contributed by atoms with Crippen LogP contribution in [0.15, 0.2) is 60.7 Å². The number of aryl methyl sites for hydroxylation is 1. The molecule has 0 atom stereocenters. The van der Waals surface area contributed by atoms with Gasteiger partial charge in [0, 0.05) is 23.4 Å². The molecule has 2 aromatic carbocycles. The van der Waals surface area contributed by atoms with Gasteiger partial charge in [-0.15, -0.1) is 0 Å². The van der Waals surface area contributed by atoms with Crippen LogP contribution in [0.2, 0.25) is 0 Å². The fraction of sp³-hybridized carbons (Fsp3) is 0.238. The molecule has 4 nitrogen and oxygen atoms in total. The third-order valence-corrected chi connectivity index (χ3v) is 4.35. The molecule has 0 aliphatic heterocycles. The molecule has 1 aliphatic rings. The van der Waals surface area contributed by atoms with Crippen molar-refractivity contribution in [2.24, 2.45) is 0 Å². The number of aromatic nitrogens is 2. The van der Waals surface area contributed by atoms with Crippen molar-refractivity contribution in [2.75, 3.05) is 10.6 Å². The van der Waals surface area contributed by atoms with E-state index in [-0.39, 0.29) is 0 Å². The molecule has 0 radical (unpaired) electrons. The smallest absolute Gasteiger partial charge is 0.163 e. The summed E-state index contributed by atoms with van der Waals surface area (Å²) in [7, 11) is 0. The zero-order chi connectivity index (χ0) is 17.1. The van der Waals surface area contributed by atoms with E-state index in [1.807, 2.05) is 42.5 Å². The van der Waals surface area contributed by atoms with E-state index in [1.54, 1.807) is 0 Å². The maximum absolute atomic E-state index is 4.74. The lowest BCUT2D eigenvalue weighted by Gasteiger charge is -2.13. The lowest BCUT2D eigenvalue weighted by Crippen LogP contribution is -2.07. The monoisotopic (exact) mass is 330 g/mol. The van der Waals surface area contributed by atoms with Gasteiger partial charge in [0.2, 0.25) is 0 Å². The minimum absolute atomic E-state index is 0.550. The summed E-state index contributed by atoms with van der Waals surface area (Å²) in [6, 6.07) is 21.0. The number of benzene rings is 2. The second-order valence-corrected chi connectivity index (χ2v) is 6.38. The molecule has 1 aliphatic carbocycles. The Morgan fingerprint density at radius 1 is 0.920 bits per heavy atom. The summed E-state index contributed by atoms with van der Waals surface area (Å²) in [5.74, 6) is 2.44. The van der Waals surface area contributed by atoms with E-state index in [2.05, 4.69) is 35.8 Å². The molecule has 0 bridgehead atoms. The van der Waals surface area contributed by atoms with Gasteiger partial charge in [0.1, 0.15) is 11.6 Å². The fourth-order valence-electron chi connectivity index (χ4n) is 2.83. The average Bonchev–Trinajstić information content (AvgIpc) is 3.47. The molecule has 0 saturated heterocycles. The first-order valence-electron chi connectivity index (χ1n) is 8.88. The molecule has 4 rings (SSSR count). The number of nitrogens with one attached hydrogen (secondary N) is 2. The highest BCUT2D eigenvalue weighted by Crippen LogP contribution is 2.28. The Hall–Kier alpha value is -2.88. The van der Waals surface area contributed by atoms with Crippen molar-refractivity contribution in [3.05, 3.63) is 66.2 Å². The molecular weight excluding hydrogens is 308 g/mol. The SMILES string of the molecule is CCc1ccccc1Nc1cc(NC2CC2)nc(-c2ccccc2)n1. The minimum Gasteiger partial charge on any atom is -0.367 e. The summed E-state index contributed by atoms with van der Waals surface area (Å²) in [6.07, 6.45) is 3.41. The van der Waals surface area contributed by atoms with E-state index < -0.39 is 0 Å². The van der Waals surface area contributed by atoms with Gasteiger partial charge in [-0.25, -0.2) is 9.97 Å². The van der Waals surface area contributed by atoms with Crippen LogP contribution in [0.5, 0.6) is 0 Å². The van der Waals surface area contributed by atoms with Gasteiger partial charge >= 0.3 is 0 Å². The molecule has 0 unspecified atom stereocenters. The Bertz CT molecular complexity index is 857. The van der Waals surface area contributed by atoms with Crippen LogP contribution in [0.4, 0.5) is 17.3 Å². The fourth-order valence-corrected chi connectivity index (χ4v) is 2.83. The lowest BCUT2D eigenvalue weighted by molar-refractivity contribution is 1.08. The van der Waals surface area contributed by atoms with Crippen LogP contribution in [0.3, 0.4) is 0 Å². The number of nitrogens with zero attached hydrogens (tertiary/aromatic N) is 2. The van der Waals surface area contributed by atoms with Crippen LogP contribution >= 0.6 is 0 Å². The Labute approximate surface area is 148 Å². The second kappa shape index (κ2) is 6.93. The van der Waals surface area contributed by atoms with Crippen LogP contribution in [0.25, 0.3) is 11.4 Å². The standard InChI is InChI=1S/C21H22N4/c1-2-15-8-6-7-11-18(15)23-20-14-19(22-17-12-13-17)24-21(25-20)16-9-4-3-5-10-16/h3-11,14,17H,2,12-13H2,1H3,(H2,22,23,24,25). The second-order valence-electron chi connectivity index (χ2n) is 6.38. The Balaban J connectivity index is 1.70. The summed E-state index contributed by atoms with van der Waals surface area (Å²) in [6.45, 7) is 2.16. The minimum atomic E-state index is 0.550. The summed E-state index contributed by atoms with van der Waals surface area (Å²) in [5.41, 5.74) is 3.40. The van der Waals surface area contributed by atoms with Crippen LogP contribution < -0.4 is 10.6 Å². The maximum atomic E-state index is 4.74. The number of hydrogen-bond donors (Lipinski definition) is 2. The van der Waals surface area contributed by atoms with Crippen molar-refractivity contribution in [1.82, 2.24) is 9.97 Å². The Kier molecular flexibility index (Phi) is 4.34. The van der Waals surface area contributed by atoms with E-state index in [9.17, 15) is 0 Å². The van der Waals surface area contributed by atoms with Crippen molar-refractivity contribution in [3.63, 3.8) is 0 Å². The van der Waals surface area contributed by atoms with Gasteiger partial charge in [0.25, 0.3) is 0 Å². The molecular formula is C21H22N4. The zero-order valence-electron chi connectivity index (χ0n) is 14.4. The average molecular weight is 330 g/mol. The molecule has 0 spiro atoms. The first kappa shape index (κ1) is 15.6. The molecule has 2 N–H and O–H groups in total. The predicted molar refractivity (Wildman–Crippen MR) is 103 cm³/mol. The highest BCUT2D eigenvalue weighted by molar-refractivity contribution is 5.67. The lowest BCUT2D eigenvalue weighted by atomic mass is 10.1. The first-order valence-corrected chi connectivity index (χ1v) is 8.88. The van der Waals surface area contributed by atoms with Gasteiger partial charge in [0.05, 0.1) is 0 Å². The van der Waals surface area contributed by atoms with E-state index in [1.165, 1.54) is 18.4 Å².